The fraction of sp³-hybridized carbons (Fsp3) is 0.250. The van der Waals surface area contributed by atoms with Gasteiger partial charge in [-0.1, -0.05) is 35.3 Å². The van der Waals surface area contributed by atoms with Crippen LogP contribution in [0.15, 0.2) is 42.7 Å². The van der Waals surface area contributed by atoms with Crippen molar-refractivity contribution in [3.63, 3.8) is 0 Å². The van der Waals surface area contributed by atoms with Crippen LogP contribution in [0.25, 0.3) is 0 Å². The molecule has 4 nitrogen and oxygen atoms in total. The molecule has 0 spiro atoms. The third-order valence-electron chi connectivity index (χ3n) is 3.09. The van der Waals surface area contributed by atoms with Crippen LogP contribution in [0.2, 0.25) is 10.0 Å². The zero-order chi connectivity index (χ0) is 15.9. The number of carbonyl (C=O) groups is 1. The first-order valence-electron chi connectivity index (χ1n) is 6.69. The third-order valence-corrected chi connectivity index (χ3v) is 3.68. The van der Waals surface area contributed by atoms with Gasteiger partial charge in [0, 0.05) is 42.6 Å². The zero-order valence-corrected chi connectivity index (χ0v) is 13.6. The van der Waals surface area contributed by atoms with Gasteiger partial charge < -0.3 is 9.64 Å². The molecule has 1 heterocycles. The number of amides is 1. The summed E-state index contributed by atoms with van der Waals surface area (Å²) in [6, 6.07) is 9.00. The Balaban J connectivity index is 2.18. The molecule has 2 rings (SSSR count). The van der Waals surface area contributed by atoms with Crippen molar-refractivity contribution in [2.24, 2.45) is 0 Å². The van der Waals surface area contributed by atoms with Crippen LogP contribution in [0.4, 0.5) is 0 Å². The van der Waals surface area contributed by atoms with Gasteiger partial charge in [0.1, 0.15) is 6.61 Å². The molecule has 22 heavy (non-hydrogen) atoms. The highest BCUT2D eigenvalue weighted by atomic mass is 35.5. The Bertz CT molecular complexity index is 635. The predicted molar refractivity (Wildman–Crippen MR) is 86.8 cm³/mol. The molecule has 2 aromatic rings. The Morgan fingerprint density at radius 2 is 2.09 bits per heavy atom. The van der Waals surface area contributed by atoms with Gasteiger partial charge in [-0.25, -0.2) is 0 Å². The summed E-state index contributed by atoms with van der Waals surface area (Å²) in [5.74, 6) is -0.114. The van der Waals surface area contributed by atoms with Crippen molar-refractivity contribution < 1.29 is 9.53 Å². The second-order valence-electron chi connectivity index (χ2n) is 4.78. The van der Waals surface area contributed by atoms with Crippen molar-refractivity contribution in [1.82, 2.24) is 9.88 Å². The Morgan fingerprint density at radius 3 is 2.73 bits per heavy atom. The summed E-state index contributed by atoms with van der Waals surface area (Å²) in [5.41, 5.74) is 1.77. The summed E-state index contributed by atoms with van der Waals surface area (Å²) >= 11 is 12.1. The second-order valence-corrected chi connectivity index (χ2v) is 5.62. The second kappa shape index (κ2) is 8.13. The van der Waals surface area contributed by atoms with E-state index in [1.54, 1.807) is 29.4 Å². The third kappa shape index (κ3) is 4.70. The minimum absolute atomic E-state index is 0.0193. The number of methoxy groups -OCH3 is 1. The molecule has 0 N–H and O–H groups in total. The average Bonchev–Trinajstić information content (AvgIpc) is 2.50. The molecule has 0 aliphatic heterocycles. The predicted octanol–water partition coefficient (Wildman–Crippen LogP) is 3.56. The maximum Gasteiger partial charge on any atom is 0.249 e. The monoisotopic (exact) mass is 338 g/mol. The molecule has 1 aromatic heterocycles. The lowest BCUT2D eigenvalue weighted by Crippen LogP contribution is -2.33. The van der Waals surface area contributed by atoms with Crippen LogP contribution in [0.5, 0.6) is 0 Å². The number of carbonyl (C=O) groups excluding carboxylic acids is 1. The minimum atomic E-state index is -0.114. The van der Waals surface area contributed by atoms with Gasteiger partial charge in [0.25, 0.3) is 0 Å². The van der Waals surface area contributed by atoms with E-state index in [0.717, 1.165) is 11.1 Å². The molecule has 0 fully saturated rings. The van der Waals surface area contributed by atoms with Gasteiger partial charge >= 0.3 is 0 Å². The van der Waals surface area contributed by atoms with Crippen LogP contribution in [0.1, 0.15) is 11.1 Å². The molecule has 6 heteroatoms. The SMILES string of the molecule is COCC(=O)N(Cc1cccnc1)Cc1ccc(Cl)cc1Cl. The van der Waals surface area contributed by atoms with E-state index in [0.29, 0.717) is 23.1 Å². The zero-order valence-electron chi connectivity index (χ0n) is 12.1. The van der Waals surface area contributed by atoms with E-state index in [1.807, 2.05) is 18.2 Å². The van der Waals surface area contributed by atoms with E-state index in [2.05, 4.69) is 4.98 Å². The van der Waals surface area contributed by atoms with Crippen molar-refractivity contribution >= 4 is 29.1 Å². The quantitative estimate of drug-likeness (QED) is 0.808. The van der Waals surface area contributed by atoms with E-state index in [1.165, 1.54) is 7.11 Å². The van der Waals surface area contributed by atoms with Gasteiger partial charge in [-0.15, -0.1) is 0 Å². The van der Waals surface area contributed by atoms with E-state index in [4.69, 9.17) is 27.9 Å². The lowest BCUT2D eigenvalue weighted by Gasteiger charge is -2.23. The molecule has 0 aliphatic rings. The summed E-state index contributed by atoms with van der Waals surface area (Å²) in [7, 11) is 1.50. The first-order valence-corrected chi connectivity index (χ1v) is 7.45. The number of rotatable bonds is 6. The Labute approximate surface area is 139 Å². The molecule has 116 valence electrons. The van der Waals surface area contributed by atoms with Crippen LogP contribution >= 0.6 is 23.2 Å². The number of halogens is 2. The molecule has 0 aliphatic carbocycles. The van der Waals surface area contributed by atoms with Gasteiger partial charge in [0.15, 0.2) is 0 Å². The number of hydrogen-bond donors (Lipinski definition) is 0. The summed E-state index contributed by atoms with van der Waals surface area (Å²) in [4.78, 5) is 18.0. The average molecular weight is 339 g/mol. The molecule has 0 saturated carbocycles. The van der Waals surface area contributed by atoms with Gasteiger partial charge in [0.05, 0.1) is 0 Å². The number of pyridine rings is 1. The summed E-state index contributed by atoms with van der Waals surface area (Å²) in [6.07, 6.45) is 3.43. The number of aromatic nitrogens is 1. The molecule has 0 radical (unpaired) electrons. The van der Waals surface area contributed by atoms with Crippen LogP contribution in [0.3, 0.4) is 0 Å². The maximum atomic E-state index is 12.2. The van der Waals surface area contributed by atoms with Crippen molar-refractivity contribution in [3.05, 3.63) is 63.9 Å². The first-order chi connectivity index (χ1) is 10.6. The largest absolute Gasteiger partial charge is 0.375 e. The van der Waals surface area contributed by atoms with Crippen molar-refractivity contribution in [3.8, 4) is 0 Å². The van der Waals surface area contributed by atoms with Crippen LogP contribution < -0.4 is 0 Å². The van der Waals surface area contributed by atoms with E-state index >= 15 is 0 Å². The first kappa shape index (κ1) is 16.7. The molecule has 0 saturated heterocycles. The van der Waals surface area contributed by atoms with Crippen LogP contribution in [0, 0.1) is 0 Å². The Hall–Kier alpha value is -1.62. The fourth-order valence-corrected chi connectivity index (χ4v) is 2.48. The van der Waals surface area contributed by atoms with E-state index < -0.39 is 0 Å². The maximum absolute atomic E-state index is 12.2. The number of hydrogen-bond acceptors (Lipinski definition) is 3. The molecular weight excluding hydrogens is 323 g/mol. The molecular formula is C16H16Cl2N2O2. The smallest absolute Gasteiger partial charge is 0.249 e. The minimum Gasteiger partial charge on any atom is -0.375 e. The van der Waals surface area contributed by atoms with Gasteiger partial charge in [-0.3, -0.25) is 9.78 Å². The van der Waals surface area contributed by atoms with Gasteiger partial charge in [-0.2, -0.15) is 0 Å². The molecule has 0 atom stereocenters. The number of benzene rings is 1. The molecule has 0 bridgehead atoms. The van der Waals surface area contributed by atoms with Crippen LogP contribution in [-0.4, -0.2) is 29.5 Å². The van der Waals surface area contributed by atoms with Gasteiger partial charge in [-0.05, 0) is 29.3 Å². The van der Waals surface area contributed by atoms with Crippen LogP contribution in [-0.2, 0) is 22.6 Å². The van der Waals surface area contributed by atoms with Crippen molar-refractivity contribution in [1.29, 1.82) is 0 Å². The number of nitrogens with zero attached hydrogens (tertiary/aromatic N) is 2. The highest BCUT2D eigenvalue weighted by Gasteiger charge is 2.16. The molecule has 1 amide bonds. The van der Waals surface area contributed by atoms with Crippen molar-refractivity contribution in [2.45, 2.75) is 13.1 Å². The summed E-state index contributed by atoms with van der Waals surface area (Å²) < 4.78 is 4.95. The normalized spacial score (nSPS) is 10.5. The van der Waals surface area contributed by atoms with E-state index in [-0.39, 0.29) is 12.5 Å². The molecule has 0 unspecified atom stereocenters. The molecule has 1 aromatic carbocycles. The summed E-state index contributed by atoms with van der Waals surface area (Å²) in [5, 5.41) is 1.10. The van der Waals surface area contributed by atoms with Gasteiger partial charge in [0.2, 0.25) is 5.91 Å². The Morgan fingerprint density at radius 1 is 1.27 bits per heavy atom. The number of ether oxygens (including phenoxy) is 1. The fourth-order valence-electron chi connectivity index (χ4n) is 2.01. The summed E-state index contributed by atoms with van der Waals surface area (Å²) in [6.45, 7) is 0.841. The lowest BCUT2D eigenvalue weighted by molar-refractivity contribution is -0.136. The lowest BCUT2D eigenvalue weighted by atomic mass is 10.2. The highest BCUT2D eigenvalue weighted by molar-refractivity contribution is 6.35. The Kier molecular flexibility index (Phi) is 6.19. The van der Waals surface area contributed by atoms with E-state index in [9.17, 15) is 4.79 Å². The van der Waals surface area contributed by atoms with Crippen molar-refractivity contribution in [2.75, 3.05) is 13.7 Å². The highest BCUT2D eigenvalue weighted by Crippen LogP contribution is 2.23. The standard InChI is InChI=1S/C16H16Cl2N2O2/c1-22-11-16(21)20(9-12-3-2-6-19-8-12)10-13-4-5-14(17)7-15(13)18/h2-8H,9-11H2,1H3. The topological polar surface area (TPSA) is 42.4 Å².